The Hall–Kier alpha value is -1.67. The number of Topliss-reactive ketones (excluding diaryl/α,β-unsaturated/α-hetero) is 1. The second-order valence-electron chi connectivity index (χ2n) is 3.77. The summed E-state index contributed by atoms with van der Waals surface area (Å²) in [6.45, 7) is 0. The number of ketones is 1. The summed E-state index contributed by atoms with van der Waals surface area (Å²) in [5, 5.41) is 0.546. The lowest BCUT2D eigenvalue weighted by molar-refractivity contribution is 0.0978. The number of benzene rings is 1. The Bertz CT molecular complexity index is 493. The maximum Gasteiger partial charge on any atom is 0.181 e. The number of pyridine rings is 1. The molecule has 0 saturated heterocycles. The summed E-state index contributed by atoms with van der Waals surface area (Å²) < 4.78 is 0. The molecule has 0 atom stereocenters. The van der Waals surface area contributed by atoms with E-state index in [2.05, 4.69) is 4.98 Å². The highest BCUT2D eigenvalue weighted by molar-refractivity contribution is 6.30. The SMILES string of the molecule is O=C(CCc1ccccc1)c1ccc(Cl)cn1. The molecule has 3 heteroatoms. The fraction of sp³-hybridized carbons (Fsp3) is 0.143. The summed E-state index contributed by atoms with van der Waals surface area (Å²) in [6.07, 6.45) is 2.71. The van der Waals surface area contributed by atoms with E-state index in [0.717, 1.165) is 12.0 Å². The van der Waals surface area contributed by atoms with E-state index in [1.807, 2.05) is 30.3 Å². The molecular formula is C14H12ClNO. The topological polar surface area (TPSA) is 30.0 Å². The molecule has 0 N–H and O–H groups in total. The summed E-state index contributed by atoms with van der Waals surface area (Å²) in [7, 11) is 0. The van der Waals surface area contributed by atoms with Gasteiger partial charge in [0.05, 0.1) is 5.02 Å². The molecule has 0 aliphatic carbocycles. The lowest BCUT2D eigenvalue weighted by Crippen LogP contribution is -2.03. The average Bonchev–Trinajstić information content (AvgIpc) is 2.38. The van der Waals surface area contributed by atoms with Crippen LogP contribution < -0.4 is 0 Å². The van der Waals surface area contributed by atoms with Gasteiger partial charge in [-0.1, -0.05) is 41.9 Å². The molecule has 2 aromatic rings. The average molecular weight is 246 g/mol. The summed E-state index contributed by atoms with van der Waals surface area (Å²) >= 11 is 5.72. The summed E-state index contributed by atoms with van der Waals surface area (Å²) in [5.74, 6) is 0.0468. The minimum atomic E-state index is 0.0468. The minimum Gasteiger partial charge on any atom is -0.292 e. The van der Waals surface area contributed by atoms with Crippen molar-refractivity contribution in [2.45, 2.75) is 12.8 Å². The zero-order valence-corrected chi connectivity index (χ0v) is 10.0. The molecule has 1 aromatic heterocycles. The zero-order valence-electron chi connectivity index (χ0n) is 9.27. The molecule has 0 bridgehead atoms. The van der Waals surface area contributed by atoms with E-state index < -0.39 is 0 Å². The first-order chi connectivity index (χ1) is 8.25. The van der Waals surface area contributed by atoms with Crippen molar-refractivity contribution >= 4 is 17.4 Å². The van der Waals surface area contributed by atoms with Crippen LogP contribution >= 0.6 is 11.6 Å². The third-order valence-electron chi connectivity index (χ3n) is 2.50. The molecule has 0 spiro atoms. The van der Waals surface area contributed by atoms with Gasteiger partial charge in [0.2, 0.25) is 0 Å². The summed E-state index contributed by atoms with van der Waals surface area (Å²) in [5.41, 5.74) is 1.64. The first-order valence-electron chi connectivity index (χ1n) is 5.44. The van der Waals surface area contributed by atoms with Crippen LogP contribution in [0.5, 0.6) is 0 Å². The van der Waals surface area contributed by atoms with Crippen LogP contribution in [0.15, 0.2) is 48.7 Å². The van der Waals surface area contributed by atoms with Crippen LogP contribution in [-0.4, -0.2) is 10.8 Å². The molecule has 0 unspecified atom stereocenters. The Morgan fingerprint density at radius 1 is 1.12 bits per heavy atom. The number of carbonyl (C=O) groups is 1. The normalized spacial score (nSPS) is 10.2. The summed E-state index contributed by atoms with van der Waals surface area (Å²) in [4.78, 5) is 15.8. The van der Waals surface area contributed by atoms with Crippen molar-refractivity contribution in [3.05, 3.63) is 64.9 Å². The van der Waals surface area contributed by atoms with Crippen LogP contribution in [0.2, 0.25) is 5.02 Å². The van der Waals surface area contributed by atoms with Gasteiger partial charge >= 0.3 is 0 Å². The Morgan fingerprint density at radius 3 is 2.53 bits per heavy atom. The van der Waals surface area contributed by atoms with Crippen LogP contribution in [-0.2, 0) is 6.42 Å². The molecule has 0 aliphatic rings. The van der Waals surface area contributed by atoms with E-state index in [1.165, 1.54) is 6.20 Å². The largest absolute Gasteiger partial charge is 0.292 e. The molecule has 0 radical (unpaired) electrons. The Kier molecular flexibility index (Phi) is 3.89. The molecule has 0 aliphatic heterocycles. The second-order valence-corrected chi connectivity index (χ2v) is 4.21. The first-order valence-corrected chi connectivity index (χ1v) is 5.82. The van der Waals surface area contributed by atoms with Crippen molar-refractivity contribution in [2.24, 2.45) is 0 Å². The van der Waals surface area contributed by atoms with Gasteiger partial charge in [0.15, 0.2) is 5.78 Å². The van der Waals surface area contributed by atoms with E-state index in [1.54, 1.807) is 12.1 Å². The quantitative estimate of drug-likeness (QED) is 0.771. The van der Waals surface area contributed by atoms with Crippen molar-refractivity contribution < 1.29 is 4.79 Å². The molecule has 0 fully saturated rings. The van der Waals surface area contributed by atoms with Gasteiger partial charge in [-0.15, -0.1) is 0 Å². The van der Waals surface area contributed by atoms with Gasteiger partial charge in [-0.05, 0) is 24.1 Å². The van der Waals surface area contributed by atoms with Gasteiger partial charge in [-0.2, -0.15) is 0 Å². The zero-order chi connectivity index (χ0) is 12.1. The van der Waals surface area contributed by atoms with Gasteiger partial charge < -0.3 is 0 Å². The Labute approximate surface area is 105 Å². The van der Waals surface area contributed by atoms with E-state index >= 15 is 0 Å². The molecule has 0 saturated carbocycles. The molecule has 1 aromatic carbocycles. The van der Waals surface area contributed by atoms with E-state index in [4.69, 9.17) is 11.6 Å². The van der Waals surface area contributed by atoms with Gasteiger partial charge in [0.1, 0.15) is 5.69 Å². The van der Waals surface area contributed by atoms with Crippen molar-refractivity contribution in [3.8, 4) is 0 Å². The number of carbonyl (C=O) groups excluding carboxylic acids is 1. The number of halogens is 1. The fourth-order valence-corrected chi connectivity index (χ4v) is 1.68. The number of rotatable bonds is 4. The Morgan fingerprint density at radius 2 is 1.88 bits per heavy atom. The van der Waals surface area contributed by atoms with E-state index in [0.29, 0.717) is 17.1 Å². The van der Waals surface area contributed by atoms with Crippen molar-refractivity contribution in [1.29, 1.82) is 0 Å². The molecule has 86 valence electrons. The first kappa shape index (κ1) is 11.8. The summed E-state index contributed by atoms with van der Waals surface area (Å²) in [6, 6.07) is 13.3. The highest BCUT2D eigenvalue weighted by atomic mass is 35.5. The van der Waals surface area contributed by atoms with Crippen LogP contribution in [0.1, 0.15) is 22.5 Å². The molecule has 2 nitrogen and oxygen atoms in total. The molecule has 2 rings (SSSR count). The predicted molar refractivity (Wildman–Crippen MR) is 68.3 cm³/mol. The second kappa shape index (κ2) is 5.60. The van der Waals surface area contributed by atoms with Crippen LogP contribution in [0.4, 0.5) is 0 Å². The number of aromatic nitrogens is 1. The van der Waals surface area contributed by atoms with Gasteiger partial charge in [0.25, 0.3) is 0 Å². The number of nitrogens with zero attached hydrogens (tertiary/aromatic N) is 1. The maximum atomic E-state index is 11.8. The fourth-order valence-electron chi connectivity index (χ4n) is 1.57. The molecule has 17 heavy (non-hydrogen) atoms. The van der Waals surface area contributed by atoms with Crippen LogP contribution in [0.25, 0.3) is 0 Å². The number of aryl methyl sites for hydroxylation is 1. The molecular weight excluding hydrogens is 234 g/mol. The Balaban J connectivity index is 1.96. The van der Waals surface area contributed by atoms with Crippen LogP contribution in [0, 0.1) is 0 Å². The molecule has 0 amide bonds. The van der Waals surface area contributed by atoms with Gasteiger partial charge in [-0.25, -0.2) is 0 Å². The van der Waals surface area contributed by atoms with E-state index in [-0.39, 0.29) is 5.78 Å². The van der Waals surface area contributed by atoms with E-state index in [9.17, 15) is 4.79 Å². The monoisotopic (exact) mass is 245 g/mol. The van der Waals surface area contributed by atoms with Gasteiger partial charge in [-0.3, -0.25) is 9.78 Å². The third-order valence-corrected chi connectivity index (χ3v) is 2.72. The maximum absolute atomic E-state index is 11.8. The highest BCUT2D eigenvalue weighted by Crippen LogP contribution is 2.10. The smallest absolute Gasteiger partial charge is 0.181 e. The third kappa shape index (κ3) is 3.40. The van der Waals surface area contributed by atoms with Crippen molar-refractivity contribution in [2.75, 3.05) is 0 Å². The standard InChI is InChI=1S/C14H12ClNO/c15-12-7-8-13(16-10-12)14(17)9-6-11-4-2-1-3-5-11/h1-5,7-8,10H,6,9H2. The number of hydrogen-bond acceptors (Lipinski definition) is 2. The lowest BCUT2D eigenvalue weighted by atomic mass is 10.1. The minimum absolute atomic E-state index is 0.0468. The van der Waals surface area contributed by atoms with Crippen molar-refractivity contribution in [3.63, 3.8) is 0 Å². The lowest BCUT2D eigenvalue weighted by Gasteiger charge is -2.01. The molecule has 1 heterocycles. The van der Waals surface area contributed by atoms with Crippen LogP contribution in [0.3, 0.4) is 0 Å². The highest BCUT2D eigenvalue weighted by Gasteiger charge is 2.07. The van der Waals surface area contributed by atoms with Gasteiger partial charge in [0, 0.05) is 12.6 Å². The predicted octanol–water partition coefficient (Wildman–Crippen LogP) is 3.55. The number of hydrogen-bond donors (Lipinski definition) is 0. The van der Waals surface area contributed by atoms with Crippen molar-refractivity contribution in [1.82, 2.24) is 4.98 Å².